The predicted octanol–water partition coefficient (Wildman–Crippen LogP) is 2.90. The third-order valence-electron chi connectivity index (χ3n) is 6.52. The van der Waals surface area contributed by atoms with Crippen LogP contribution in [0, 0.1) is 23.1 Å². The molecule has 2 fully saturated rings. The molecule has 9 heteroatoms. The number of ether oxygens (including phenoxy) is 1. The van der Waals surface area contributed by atoms with Gasteiger partial charge < -0.3 is 24.6 Å². The highest BCUT2D eigenvalue weighted by Crippen LogP contribution is 2.42. The van der Waals surface area contributed by atoms with E-state index in [-0.39, 0.29) is 23.3 Å². The van der Waals surface area contributed by atoms with Gasteiger partial charge in [-0.15, -0.1) is 0 Å². The van der Waals surface area contributed by atoms with Crippen molar-refractivity contribution in [3.63, 3.8) is 0 Å². The smallest absolute Gasteiger partial charge is 0.345 e. The standard InChI is InChI=1S/C23H27FN4O4/c1-13(26-8-3-7-25)14-6-9-27(12-14)19-11-18-16(10-17(19)24)21(29)20(23(30)31)22(32-2)28(18)15-4-5-15/h10-11,13-15,26H,3-6,8-9,12H2,1-2H3,(H,30,31)/t13-,14?/m0/s1. The largest absolute Gasteiger partial charge is 0.481 e. The molecule has 2 aliphatic rings. The number of aromatic carboxylic acids is 1. The van der Waals surface area contributed by atoms with Crippen LogP contribution in [0.5, 0.6) is 5.88 Å². The van der Waals surface area contributed by atoms with E-state index in [0.717, 1.165) is 19.3 Å². The lowest BCUT2D eigenvalue weighted by atomic mass is 10.0. The van der Waals surface area contributed by atoms with Gasteiger partial charge in [0.25, 0.3) is 0 Å². The number of carboxylic acid groups (broad SMARTS) is 1. The highest BCUT2D eigenvalue weighted by atomic mass is 19.1. The van der Waals surface area contributed by atoms with Crippen molar-refractivity contribution in [2.45, 2.75) is 44.7 Å². The van der Waals surface area contributed by atoms with Crippen LogP contribution in [0.25, 0.3) is 10.9 Å². The minimum atomic E-state index is -1.38. The number of nitriles is 1. The first-order valence-electron chi connectivity index (χ1n) is 10.9. The third-order valence-corrected chi connectivity index (χ3v) is 6.52. The van der Waals surface area contributed by atoms with Gasteiger partial charge >= 0.3 is 5.97 Å². The second-order valence-corrected chi connectivity index (χ2v) is 8.59. The van der Waals surface area contributed by atoms with Gasteiger partial charge in [-0.2, -0.15) is 5.26 Å². The maximum atomic E-state index is 15.2. The molecule has 0 radical (unpaired) electrons. The number of carboxylic acids is 1. The van der Waals surface area contributed by atoms with Gasteiger partial charge in [0.2, 0.25) is 11.3 Å². The molecule has 1 aliphatic heterocycles. The van der Waals surface area contributed by atoms with E-state index in [1.54, 1.807) is 10.6 Å². The van der Waals surface area contributed by atoms with Crippen LogP contribution in [0.15, 0.2) is 16.9 Å². The van der Waals surface area contributed by atoms with E-state index >= 15 is 4.39 Å². The Hall–Kier alpha value is -3.12. The minimum absolute atomic E-state index is 0.0182. The van der Waals surface area contributed by atoms with Gasteiger partial charge in [-0.05, 0) is 44.2 Å². The summed E-state index contributed by atoms with van der Waals surface area (Å²) in [5.74, 6) is -1.60. The molecule has 1 unspecified atom stereocenters. The Balaban J connectivity index is 1.74. The van der Waals surface area contributed by atoms with Gasteiger partial charge in [0, 0.05) is 43.5 Å². The van der Waals surface area contributed by atoms with Crippen molar-refractivity contribution in [1.82, 2.24) is 9.88 Å². The summed E-state index contributed by atoms with van der Waals surface area (Å²) in [6.45, 7) is 4.03. The fraction of sp³-hybridized carbons (Fsp3) is 0.522. The van der Waals surface area contributed by atoms with E-state index in [1.165, 1.54) is 13.2 Å². The zero-order chi connectivity index (χ0) is 23.0. The molecule has 2 N–H and O–H groups in total. The number of hydrogen-bond donors (Lipinski definition) is 2. The molecule has 170 valence electrons. The maximum absolute atomic E-state index is 15.2. The fourth-order valence-corrected chi connectivity index (χ4v) is 4.66. The van der Waals surface area contributed by atoms with E-state index in [9.17, 15) is 14.7 Å². The summed E-state index contributed by atoms with van der Waals surface area (Å²) in [6.07, 6.45) is 3.02. The molecule has 1 aromatic carbocycles. The van der Waals surface area contributed by atoms with Gasteiger partial charge in [-0.25, -0.2) is 9.18 Å². The molecule has 8 nitrogen and oxygen atoms in total. The second-order valence-electron chi connectivity index (χ2n) is 8.59. The van der Waals surface area contributed by atoms with Crippen LogP contribution in [-0.2, 0) is 0 Å². The number of fused-ring (bicyclic) bond motifs is 1. The van der Waals surface area contributed by atoms with Crippen LogP contribution in [-0.4, -0.2) is 48.4 Å². The predicted molar refractivity (Wildman–Crippen MR) is 118 cm³/mol. The fourth-order valence-electron chi connectivity index (χ4n) is 4.66. The molecule has 1 aromatic heterocycles. The molecule has 2 heterocycles. The van der Waals surface area contributed by atoms with Crippen molar-refractivity contribution in [1.29, 1.82) is 5.26 Å². The molecule has 2 atom stereocenters. The Bertz CT molecular complexity index is 1150. The lowest BCUT2D eigenvalue weighted by molar-refractivity contribution is 0.0690. The number of halogens is 1. The topological polar surface area (TPSA) is 108 Å². The molecule has 1 aliphatic carbocycles. The average molecular weight is 442 g/mol. The van der Waals surface area contributed by atoms with E-state index in [4.69, 9.17) is 10.00 Å². The number of methoxy groups -OCH3 is 1. The van der Waals surface area contributed by atoms with Gasteiger partial charge in [0.15, 0.2) is 5.56 Å². The van der Waals surface area contributed by atoms with Crippen molar-refractivity contribution in [3.05, 3.63) is 33.7 Å². The summed E-state index contributed by atoms with van der Waals surface area (Å²) in [5.41, 5.74) is -0.290. The summed E-state index contributed by atoms with van der Waals surface area (Å²) in [4.78, 5) is 26.7. The highest BCUT2D eigenvalue weighted by Gasteiger charge is 2.34. The average Bonchev–Trinajstić information content (AvgIpc) is 3.48. The van der Waals surface area contributed by atoms with Crippen molar-refractivity contribution in [2.24, 2.45) is 5.92 Å². The number of hydrogen-bond acceptors (Lipinski definition) is 6. The molecular formula is C23H27FN4O4. The zero-order valence-corrected chi connectivity index (χ0v) is 18.2. The number of nitrogens with one attached hydrogen (secondary N) is 1. The first-order chi connectivity index (χ1) is 15.4. The van der Waals surface area contributed by atoms with Crippen molar-refractivity contribution >= 4 is 22.6 Å². The molecule has 1 saturated carbocycles. The molecule has 0 amide bonds. The molecule has 1 saturated heterocycles. The first kappa shape index (κ1) is 22.1. The maximum Gasteiger partial charge on any atom is 0.345 e. The lowest BCUT2D eigenvalue weighted by Crippen LogP contribution is -2.36. The monoisotopic (exact) mass is 442 g/mol. The Kier molecular flexibility index (Phi) is 6.07. The Morgan fingerprint density at radius 2 is 2.16 bits per heavy atom. The number of benzene rings is 1. The number of carbonyl (C=O) groups is 1. The minimum Gasteiger partial charge on any atom is -0.481 e. The van der Waals surface area contributed by atoms with Gasteiger partial charge in [-0.1, -0.05) is 0 Å². The van der Waals surface area contributed by atoms with Gasteiger partial charge in [0.05, 0.1) is 24.4 Å². The van der Waals surface area contributed by atoms with Crippen LogP contribution < -0.4 is 20.4 Å². The van der Waals surface area contributed by atoms with E-state index < -0.39 is 22.8 Å². The molecule has 0 spiro atoms. The van der Waals surface area contributed by atoms with Crippen molar-refractivity contribution in [2.75, 3.05) is 31.6 Å². The van der Waals surface area contributed by atoms with Gasteiger partial charge in [-0.3, -0.25) is 4.79 Å². The first-order valence-corrected chi connectivity index (χ1v) is 10.9. The van der Waals surface area contributed by atoms with Crippen LogP contribution in [0.4, 0.5) is 10.1 Å². The van der Waals surface area contributed by atoms with Crippen molar-refractivity contribution < 1.29 is 19.0 Å². The quantitative estimate of drug-likeness (QED) is 0.605. The summed E-state index contributed by atoms with van der Waals surface area (Å²) in [5, 5.41) is 21.7. The van der Waals surface area contributed by atoms with E-state index in [2.05, 4.69) is 18.3 Å². The van der Waals surface area contributed by atoms with Crippen LogP contribution in [0.3, 0.4) is 0 Å². The van der Waals surface area contributed by atoms with Crippen LogP contribution in [0.1, 0.15) is 49.0 Å². The van der Waals surface area contributed by atoms with Crippen LogP contribution >= 0.6 is 0 Å². The number of aromatic nitrogens is 1. The normalized spacial score (nSPS) is 19.2. The zero-order valence-electron chi connectivity index (χ0n) is 18.2. The highest BCUT2D eigenvalue weighted by molar-refractivity contribution is 5.96. The van der Waals surface area contributed by atoms with E-state index in [1.807, 2.05) is 4.90 Å². The van der Waals surface area contributed by atoms with E-state index in [0.29, 0.717) is 43.2 Å². The summed E-state index contributed by atoms with van der Waals surface area (Å²) in [7, 11) is 1.35. The number of rotatable bonds is 8. The Labute approximate surface area is 185 Å². The summed E-state index contributed by atoms with van der Waals surface area (Å²) in [6, 6.07) is 5.17. The van der Waals surface area contributed by atoms with Crippen LogP contribution in [0.2, 0.25) is 0 Å². The SMILES string of the molecule is COc1c(C(=O)O)c(=O)c2cc(F)c(N3CCC([C@H](C)NCCC#N)C3)cc2n1C1CC1. The number of anilines is 1. The number of nitrogens with zero attached hydrogens (tertiary/aromatic N) is 3. The van der Waals surface area contributed by atoms with Crippen molar-refractivity contribution in [3.8, 4) is 11.9 Å². The molecular weight excluding hydrogens is 415 g/mol. The summed E-state index contributed by atoms with van der Waals surface area (Å²) >= 11 is 0. The Morgan fingerprint density at radius 1 is 1.41 bits per heavy atom. The summed E-state index contributed by atoms with van der Waals surface area (Å²) < 4.78 is 22.3. The third kappa shape index (κ3) is 3.91. The Morgan fingerprint density at radius 3 is 2.78 bits per heavy atom. The molecule has 4 rings (SSSR count). The second kappa shape index (κ2) is 8.79. The molecule has 0 bridgehead atoms. The van der Waals surface area contributed by atoms with Gasteiger partial charge in [0.1, 0.15) is 5.82 Å². The molecule has 32 heavy (non-hydrogen) atoms. The lowest BCUT2D eigenvalue weighted by Gasteiger charge is -2.24. The number of pyridine rings is 1. The molecule has 2 aromatic rings.